The van der Waals surface area contributed by atoms with Gasteiger partial charge in [-0.05, 0) is 30.0 Å². The fourth-order valence-electron chi connectivity index (χ4n) is 4.00. The molecule has 2 saturated heterocycles. The summed E-state index contributed by atoms with van der Waals surface area (Å²) >= 11 is 0. The molecule has 3 fully saturated rings. The number of hydrogen-bond donors (Lipinski definition) is 0. The third-order valence-corrected chi connectivity index (χ3v) is 5.38. The second-order valence-corrected chi connectivity index (χ2v) is 6.72. The number of rotatable bonds is 2. The van der Waals surface area contributed by atoms with Crippen molar-refractivity contribution in [2.75, 3.05) is 31.6 Å². The molecular weight excluding hydrogens is 327 g/mol. The van der Waals surface area contributed by atoms with E-state index in [1.807, 2.05) is 0 Å². The van der Waals surface area contributed by atoms with Crippen molar-refractivity contribution in [3.05, 3.63) is 29.6 Å². The molecule has 1 aromatic carbocycles. The molecule has 2 heterocycles. The van der Waals surface area contributed by atoms with E-state index in [4.69, 9.17) is 15.9 Å². The molecule has 0 radical (unpaired) electrons. The lowest BCUT2D eigenvalue weighted by Gasteiger charge is -2.21. The number of anilines is 1. The molecule has 3 atom stereocenters. The molecule has 2 amide bonds. The van der Waals surface area contributed by atoms with E-state index in [9.17, 15) is 14.0 Å². The molecule has 4 rings (SSSR count). The molecule has 7 heteroatoms. The molecule has 1 aromatic rings. The average molecular weight is 344 g/mol. The van der Waals surface area contributed by atoms with Gasteiger partial charge in [-0.1, -0.05) is 12.0 Å². The second-order valence-electron chi connectivity index (χ2n) is 6.72. The van der Waals surface area contributed by atoms with Gasteiger partial charge in [0, 0.05) is 18.5 Å². The number of nitrogens with zero attached hydrogens (tertiary/aromatic N) is 2. The van der Waals surface area contributed by atoms with Crippen molar-refractivity contribution < 1.29 is 23.5 Å². The quantitative estimate of drug-likeness (QED) is 0.771. The largest absolute Gasteiger partial charge is 0.453 e. The van der Waals surface area contributed by atoms with Crippen molar-refractivity contribution >= 4 is 17.9 Å². The van der Waals surface area contributed by atoms with Crippen LogP contribution in [0.5, 0.6) is 0 Å². The number of hydrogen-bond acceptors (Lipinski definition) is 4. The summed E-state index contributed by atoms with van der Waals surface area (Å²) in [6.45, 7) is 1.24. The zero-order valence-electron chi connectivity index (χ0n) is 13.7. The summed E-state index contributed by atoms with van der Waals surface area (Å²) in [7, 11) is 1.34. The third-order valence-electron chi connectivity index (χ3n) is 5.38. The lowest BCUT2D eigenvalue weighted by Crippen LogP contribution is -2.32. The molecule has 0 N–H and O–H groups in total. The van der Waals surface area contributed by atoms with E-state index in [0.29, 0.717) is 24.3 Å². The topological polar surface area (TPSA) is 59.1 Å². The summed E-state index contributed by atoms with van der Waals surface area (Å²) in [5.74, 6) is 2.23. The minimum atomic E-state index is -0.620. The summed E-state index contributed by atoms with van der Waals surface area (Å²) in [6, 6.07) is 4.73. The van der Waals surface area contributed by atoms with Crippen LogP contribution in [0.4, 0.5) is 19.7 Å². The van der Waals surface area contributed by atoms with Crippen LogP contribution in [-0.4, -0.2) is 49.9 Å². The number of ether oxygens (including phenoxy) is 2. The van der Waals surface area contributed by atoms with Crippen LogP contribution >= 0.6 is 0 Å². The number of benzene rings is 1. The van der Waals surface area contributed by atoms with Crippen LogP contribution in [0.1, 0.15) is 12.0 Å². The number of cyclic esters (lactones) is 1. The Kier molecular flexibility index (Phi) is 3.39. The van der Waals surface area contributed by atoms with Gasteiger partial charge in [0.15, 0.2) is 6.10 Å². The Hall–Kier alpha value is -2.75. The number of terminal acetylenes is 1. The first-order valence-corrected chi connectivity index (χ1v) is 8.05. The monoisotopic (exact) mass is 344 g/mol. The molecule has 0 spiro atoms. The minimum absolute atomic E-state index is 0.206. The van der Waals surface area contributed by atoms with Crippen LogP contribution in [0, 0.1) is 24.1 Å². The number of carbonyl (C=O) groups is 2. The first-order chi connectivity index (χ1) is 12.0. The molecular formula is C18H17FN2O4. The molecule has 130 valence electrons. The van der Waals surface area contributed by atoms with E-state index in [1.54, 1.807) is 17.0 Å². The summed E-state index contributed by atoms with van der Waals surface area (Å²) < 4.78 is 24.5. The maximum atomic E-state index is 14.8. The number of carbonyl (C=O) groups excluding carboxylic acids is 2. The Labute approximate surface area is 144 Å². The van der Waals surface area contributed by atoms with Crippen LogP contribution < -0.4 is 4.90 Å². The molecule has 3 aliphatic rings. The number of likely N-dealkylation sites (tertiary alicyclic amines) is 1. The highest BCUT2D eigenvalue weighted by molar-refractivity contribution is 5.90. The Morgan fingerprint density at radius 1 is 1.48 bits per heavy atom. The Morgan fingerprint density at radius 2 is 2.28 bits per heavy atom. The van der Waals surface area contributed by atoms with Gasteiger partial charge in [0.05, 0.1) is 19.3 Å². The SMILES string of the molecule is C#CC1CN(c2ccc(C34CC3CN(C(=O)OC)C4)c(F)c2)C(=O)O1. The van der Waals surface area contributed by atoms with Crippen LogP contribution in [-0.2, 0) is 14.9 Å². The van der Waals surface area contributed by atoms with Gasteiger partial charge in [-0.3, -0.25) is 4.90 Å². The van der Waals surface area contributed by atoms with Gasteiger partial charge in [0.1, 0.15) is 5.82 Å². The maximum absolute atomic E-state index is 14.8. The van der Waals surface area contributed by atoms with E-state index in [-0.39, 0.29) is 29.8 Å². The van der Waals surface area contributed by atoms with Crippen molar-refractivity contribution in [1.29, 1.82) is 0 Å². The highest BCUT2D eigenvalue weighted by atomic mass is 19.1. The van der Waals surface area contributed by atoms with E-state index < -0.39 is 12.2 Å². The predicted molar refractivity (Wildman–Crippen MR) is 86.6 cm³/mol. The van der Waals surface area contributed by atoms with Crippen LogP contribution in [0.2, 0.25) is 0 Å². The lowest BCUT2D eigenvalue weighted by molar-refractivity contribution is 0.127. The first kappa shape index (κ1) is 15.8. The van der Waals surface area contributed by atoms with Gasteiger partial charge < -0.3 is 14.4 Å². The third kappa shape index (κ3) is 2.32. The highest BCUT2D eigenvalue weighted by Crippen LogP contribution is 2.59. The van der Waals surface area contributed by atoms with Crippen molar-refractivity contribution in [2.24, 2.45) is 5.92 Å². The van der Waals surface area contributed by atoms with E-state index in [1.165, 1.54) is 18.1 Å². The molecule has 0 aromatic heterocycles. The van der Waals surface area contributed by atoms with E-state index in [2.05, 4.69) is 5.92 Å². The molecule has 0 bridgehead atoms. The van der Waals surface area contributed by atoms with Gasteiger partial charge in [-0.25, -0.2) is 14.0 Å². The number of halogens is 1. The molecule has 1 aliphatic carbocycles. The van der Waals surface area contributed by atoms with Crippen molar-refractivity contribution in [3.63, 3.8) is 0 Å². The van der Waals surface area contributed by atoms with Crippen LogP contribution in [0.25, 0.3) is 0 Å². The van der Waals surface area contributed by atoms with Crippen molar-refractivity contribution in [2.45, 2.75) is 17.9 Å². The minimum Gasteiger partial charge on any atom is -0.453 e. The molecule has 3 unspecified atom stereocenters. The van der Waals surface area contributed by atoms with Gasteiger partial charge >= 0.3 is 12.2 Å². The predicted octanol–water partition coefficient (Wildman–Crippen LogP) is 2.12. The zero-order chi connectivity index (χ0) is 17.8. The number of amides is 2. The highest BCUT2D eigenvalue weighted by Gasteiger charge is 2.62. The summed E-state index contributed by atoms with van der Waals surface area (Å²) in [5, 5.41) is 0. The summed E-state index contributed by atoms with van der Waals surface area (Å²) in [5.41, 5.74) is 0.651. The van der Waals surface area contributed by atoms with Gasteiger partial charge in [-0.15, -0.1) is 6.42 Å². The number of fused-ring (bicyclic) bond motifs is 1. The Bertz CT molecular complexity index is 805. The first-order valence-electron chi connectivity index (χ1n) is 8.05. The smallest absolute Gasteiger partial charge is 0.415 e. The van der Waals surface area contributed by atoms with Crippen LogP contribution in [0.15, 0.2) is 18.2 Å². The maximum Gasteiger partial charge on any atom is 0.415 e. The summed E-state index contributed by atoms with van der Waals surface area (Å²) in [4.78, 5) is 26.5. The van der Waals surface area contributed by atoms with Crippen molar-refractivity contribution in [3.8, 4) is 12.3 Å². The fourth-order valence-corrected chi connectivity index (χ4v) is 4.00. The van der Waals surface area contributed by atoms with E-state index >= 15 is 0 Å². The van der Waals surface area contributed by atoms with Crippen molar-refractivity contribution in [1.82, 2.24) is 4.90 Å². The Morgan fingerprint density at radius 3 is 2.92 bits per heavy atom. The standard InChI is InChI=1S/C18H17FN2O4/c1-3-13-9-21(17(23)25-13)12-4-5-14(15(19)6-12)18-7-11(18)8-20(10-18)16(22)24-2/h1,4-6,11,13H,7-10H2,2H3. The fraction of sp³-hybridized carbons (Fsp3) is 0.444. The molecule has 6 nitrogen and oxygen atoms in total. The van der Waals surface area contributed by atoms with Gasteiger partial charge in [-0.2, -0.15) is 0 Å². The Balaban J connectivity index is 1.57. The van der Waals surface area contributed by atoms with Crippen LogP contribution in [0.3, 0.4) is 0 Å². The normalized spacial score (nSPS) is 29.9. The van der Waals surface area contributed by atoms with Gasteiger partial charge in [0.25, 0.3) is 0 Å². The summed E-state index contributed by atoms with van der Waals surface area (Å²) in [6.07, 6.45) is 4.54. The average Bonchev–Trinajstić information content (AvgIpc) is 2.98. The number of methoxy groups -OCH3 is 1. The second kappa shape index (κ2) is 5.38. The molecule has 2 aliphatic heterocycles. The van der Waals surface area contributed by atoms with Gasteiger partial charge in [0.2, 0.25) is 0 Å². The van der Waals surface area contributed by atoms with E-state index in [0.717, 1.165) is 6.42 Å². The zero-order valence-corrected chi connectivity index (χ0v) is 13.7. The molecule has 1 saturated carbocycles. The number of piperidine rings is 1. The molecule has 25 heavy (non-hydrogen) atoms. The lowest BCUT2D eigenvalue weighted by atomic mass is 9.94.